The van der Waals surface area contributed by atoms with Crippen LogP contribution in [0.4, 0.5) is 0 Å². The fourth-order valence-electron chi connectivity index (χ4n) is 1.52. The maximum atomic E-state index is 5.54. The third-order valence-electron chi connectivity index (χ3n) is 3.13. The molecule has 76 valence electrons. The van der Waals surface area contributed by atoms with E-state index >= 15 is 0 Å². The van der Waals surface area contributed by atoms with E-state index in [9.17, 15) is 0 Å². The van der Waals surface area contributed by atoms with E-state index in [4.69, 9.17) is 4.74 Å². The quantitative estimate of drug-likeness (QED) is 0.674. The van der Waals surface area contributed by atoms with Crippen molar-refractivity contribution in [3.63, 3.8) is 0 Å². The minimum absolute atomic E-state index is 0.151. The first kappa shape index (κ1) is 10.7. The van der Waals surface area contributed by atoms with Gasteiger partial charge in [0.1, 0.15) is 0 Å². The van der Waals surface area contributed by atoms with E-state index in [0.717, 1.165) is 26.0 Å². The average Bonchev–Trinajstić information content (AvgIpc) is 2.44. The van der Waals surface area contributed by atoms with Crippen molar-refractivity contribution >= 4 is 0 Å². The number of nitrogens with one attached hydrogen (secondary N) is 1. The summed E-state index contributed by atoms with van der Waals surface area (Å²) in [5.74, 6) is 0. The highest BCUT2D eigenvalue weighted by molar-refractivity contribution is 5.01. The molecule has 1 heterocycles. The van der Waals surface area contributed by atoms with Crippen molar-refractivity contribution in [2.24, 2.45) is 0 Å². The number of rotatable bonds is 4. The van der Waals surface area contributed by atoms with Crippen LogP contribution in [0.25, 0.3) is 0 Å². The molecule has 2 unspecified atom stereocenters. The molecule has 2 heteroatoms. The first-order valence-corrected chi connectivity index (χ1v) is 5.12. The summed E-state index contributed by atoms with van der Waals surface area (Å²) in [6.45, 7) is 12.3. The molecular weight excluding hydrogens is 162 g/mol. The third kappa shape index (κ3) is 2.55. The molecule has 1 saturated heterocycles. The second-order valence-electron chi connectivity index (χ2n) is 4.14. The first-order chi connectivity index (χ1) is 6.08. The van der Waals surface area contributed by atoms with E-state index in [-0.39, 0.29) is 5.54 Å². The van der Waals surface area contributed by atoms with Crippen molar-refractivity contribution in [2.45, 2.75) is 45.3 Å². The van der Waals surface area contributed by atoms with Crippen LogP contribution in [0.1, 0.15) is 33.6 Å². The SMILES string of the molecule is C=C(CC)CNC1(C)CCOC1C. The Morgan fingerprint density at radius 3 is 2.85 bits per heavy atom. The maximum absolute atomic E-state index is 5.54. The molecule has 0 aromatic carbocycles. The minimum atomic E-state index is 0.151. The van der Waals surface area contributed by atoms with Crippen LogP contribution in [-0.4, -0.2) is 24.8 Å². The molecule has 1 rings (SSSR count). The van der Waals surface area contributed by atoms with Gasteiger partial charge in [0.2, 0.25) is 0 Å². The van der Waals surface area contributed by atoms with Crippen molar-refractivity contribution in [2.75, 3.05) is 13.2 Å². The van der Waals surface area contributed by atoms with Gasteiger partial charge >= 0.3 is 0 Å². The van der Waals surface area contributed by atoms with Crippen LogP contribution in [0.15, 0.2) is 12.2 Å². The van der Waals surface area contributed by atoms with Crippen molar-refractivity contribution < 1.29 is 4.74 Å². The summed E-state index contributed by atoms with van der Waals surface area (Å²) in [4.78, 5) is 0. The monoisotopic (exact) mass is 183 g/mol. The Kier molecular flexibility index (Phi) is 3.51. The van der Waals surface area contributed by atoms with Gasteiger partial charge < -0.3 is 10.1 Å². The molecule has 0 aromatic heterocycles. The van der Waals surface area contributed by atoms with Gasteiger partial charge in [0.05, 0.1) is 6.10 Å². The van der Waals surface area contributed by atoms with Crippen LogP contribution in [0.2, 0.25) is 0 Å². The Morgan fingerprint density at radius 2 is 2.38 bits per heavy atom. The molecular formula is C11H21NO. The van der Waals surface area contributed by atoms with E-state index in [0.29, 0.717) is 6.10 Å². The summed E-state index contributed by atoms with van der Waals surface area (Å²) in [5, 5.41) is 3.53. The highest BCUT2D eigenvalue weighted by Crippen LogP contribution is 2.25. The van der Waals surface area contributed by atoms with Crippen LogP contribution >= 0.6 is 0 Å². The standard InChI is InChI=1S/C11H21NO/c1-5-9(2)8-12-11(4)6-7-13-10(11)3/h10,12H,2,5-8H2,1,3-4H3. The minimum Gasteiger partial charge on any atom is -0.377 e. The van der Waals surface area contributed by atoms with E-state index < -0.39 is 0 Å². The molecule has 0 saturated carbocycles. The molecule has 1 N–H and O–H groups in total. The Hall–Kier alpha value is -0.340. The second-order valence-corrected chi connectivity index (χ2v) is 4.14. The lowest BCUT2D eigenvalue weighted by Crippen LogP contribution is -2.48. The van der Waals surface area contributed by atoms with Gasteiger partial charge in [-0.05, 0) is 26.7 Å². The Labute approximate surface area is 81.4 Å². The normalized spacial score (nSPS) is 33.6. The number of ether oxygens (including phenoxy) is 1. The van der Waals surface area contributed by atoms with Gasteiger partial charge in [-0.25, -0.2) is 0 Å². The summed E-state index contributed by atoms with van der Waals surface area (Å²) >= 11 is 0. The molecule has 0 aromatic rings. The summed E-state index contributed by atoms with van der Waals surface area (Å²) in [6.07, 6.45) is 2.47. The molecule has 0 spiro atoms. The van der Waals surface area contributed by atoms with Crippen molar-refractivity contribution in [3.8, 4) is 0 Å². The Balaban J connectivity index is 2.38. The zero-order valence-corrected chi connectivity index (χ0v) is 9.02. The van der Waals surface area contributed by atoms with Gasteiger partial charge in [0.15, 0.2) is 0 Å². The average molecular weight is 183 g/mol. The molecule has 13 heavy (non-hydrogen) atoms. The molecule has 2 nitrogen and oxygen atoms in total. The summed E-state index contributed by atoms with van der Waals surface area (Å²) in [5.41, 5.74) is 1.42. The van der Waals surface area contributed by atoms with Crippen LogP contribution in [0, 0.1) is 0 Å². The lowest BCUT2D eigenvalue weighted by atomic mass is 9.94. The molecule has 0 radical (unpaired) electrons. The highest BCUT2D eigenvalue weighted by Gasteiger charge is 2.36. The van der Waals surface area contributed by atoms with Crippen LogP contribution < -0.4 is 5.32 Å². The van der Waals surface area contributed by atoms with Crippen molar-refractivity contribution in [1.82, 2.24) is 5.32 Å². The molecule has 1 fully saturated rings. The van der Waals surface area contributed by atoms with Gasteiger partial charge in [-0.1, -0.05) is 19.1 Å². The van der Waals surface area contributed by atoms with Crippen LogP contribution in [0.3, 0.4) is 0 Å². The van der Waals surface area contributed by atoms with Crippen LogP contribution in [-0.2, 0) is 4.74 Å². The number of hydrogen-bond acceptors (Lipinski definition) is 2. The molecule has 1 aliphatic heterocycles. The molecule has 1 aliphatic rings. The lowest BCUT2D eigenvalue weighted by molar-refractivity contribution is 0.0897. The zero-order valence-electron chi connectivity index (χ0n) is 9.02. The summed E-state index contributed by atoms with van der Waals surface area (Å²) < 4.78 is 5.54. The predicted octanol–water partition coefficient (Wildman–Crippen LogP) is 2.11. The fourth-order valence-corrected chi connectivity index (χ4v) is 1.52. The smallest absolute Gasteiger partial charge is 0.0726 e. The largest absolute Gasteiger partial charge is 0.377 e. The van der Waals surface area contributed by atoms with Gasteiger partial charge in [-0.3, -0.25) is 0 Å². The lowest BCUT2D eigenvalue weighted by Gasteiger charge is -2.29. The Morgan fingerprint density at radius 1 is 1.69 bits per heavy atom. The van der Waals surface area contributed by atoms with E-state index in [1.165, 1.54) is 5.57 Å². The van der Waals surface area contributed by atoms with Crippen LogP contribution in [0.5, 0.6) is 0 Å². The van der Waals surface area contributed by atoms with E-state index in [1.807, 2.05) is 0 Å². The van der Waals surface area contributed by atoms with E-state index in [2.05, 4.69) is 32.7 Å². The molecule has 0 amide bonds. The summed E-state index contributed by atoms with van der Waals surface area (Å²) in [6, 6.07) is 0. The van der Waals surface area contributed by atoms with Gasteiger partial charge in [0.25, 0.3) is 0 Å². The van der Waals surface area contributed by atoms with Crippen molar-refractivity contribution in [1.29, 1.82) is 0 Å². The summed E-state index contributed by atoms with van der Waals surface area (Å²) in [7, 11) is 0. The Bertz CT molecular complexity index is 191. The molecule has 2 atom stereocenters. The molecule has 0 bridgehead atoms. The zero-order chi connectivity index (χ0) is 9.90. The molecule has 0 aliphatic carbocycles. The van der Waals surface area contributed by atoms with E-state index in [1.54, 1.807) is 0 Å². The predicted molar refractivity (Wildman–Crippen MR) is 55.9 cm³/mol. The third-order valence-corrected chi connectivity index (χ3v) is 3.13. The highest BCUT2D eigenvalue weighted by atomic mass is 16.5. The first-order valence-electron chi connectivity index (χ1n) is 5.12. The second kappa shape index (κ2) is 4.25. The topological polar surface area (TPSA) is 21.3 Å². The fraction of sp³-hybridized carbons (Fsp3) is 0.818. The van der Waals surface area contributed by atoms with Gasteiger partial charge in [-0.15, -0.1) is 0 Å². The number of hydrogen-bond donors (Lipinski definition) is 1. The van der Waals surface area contributed by atoms with Crippen molar-refractivity contribution in [3.05, 3.63) is 12.2 Å². The van der Waals surface area contributed by atoms with Gasteiger partial charge in [-0.2, -0.15) is 0 Å². The maximum Gasteiger partial charge on any atom is 0.0726 e. The van der Waals surface area contributed by atoms with Gasteiger partial charge in [0, 0.05) is 18.7 Å².